The van der Waals surface area contributed by atoms with Gasteiger partial charge in [-0.25, -0.2) is 4.98 Å². The molecule has 144 valence electrons. The first kappa shape index (κ1) is 19.7. The van der Waals surface area contributed by atoms with Gasteiger partial charge >= 0.3 is 0 Å². The summed E-state index contributed by atoms with van der Waals surface area (Å²) in [7, 11) is 0. The zero-order chi connectivity index (χ0) is 19.2. The van der Waals surface area contributed by atoms with Gasteiger partial charge in [0.25, 0.3) is 5.91 Å². The molecule has 27 heavy (non-hydrogen) atoms. The SMILES string of the molecule is CC(=O)c1cccc(-c2nc(C)c(C(=O)NCCCCN3CCCC3)s2)c1. The highest BCUT2D eigenvalue weighted by Crippen LogP contribution is 2.28. The van der Waals surface area contributed by atoms with Crippen molar-refractivity contribution < 1.29 is 9.59 Å². The molecule has 0 radical (unpaired) electrons. The fourth-order valence-corrected chi connectivity index (χ4v) is 4.33. The number of unbranched alkanes of at least 4 members (excludes halogenated alkanes) is 1. The molecular formula is C21H27N3O2S. The van der Waals surface area contributed by atoms with Crippen molar-refractivity contribution in [2.45, 2.75) is 39.5 Å². The number of hydrogen-bond acceptors (Lipinski definition) is 5. The maximum Gasteiger partial charge on any atom is 0.263 e. The zero-order valence-corrected chi connectivity index (χ0v) is 16.9. The summed E-state index contributed by atoms with van der Waals surface area (Å²) in [6.07, 6.45) is 4.75. The molecule has 0 bridgehead atoms. The molecule has 1 aliphatic heterocycles. The topological polar surface area (TPSA) is 62.3 Å². The molecule has 0 aliphatic carbocycles. The number of aryl methyl sites for hydroxylation is 1. The molecule has 1 amide bonds. The number of hydrogen-bond donors (Lipinski definition) is 1. The molecule has 1 aliphatic rings. The van der Waals surface area contributed by atoms with E-state index < -0.39 is 0 Å². The lowest BCUT2D eigenvalue weighted by Crippen LogP contribution is -2.26. The summed E-state index contributed by atoms with van der Waals surface area (Å²) < 4.78 is 0. The third-order valence-electron chi connectivity index (χ3n) is 4.90. The molecule has 0 spiro atoms. The predicted molar refractivity (Wildman–Crippen MR) is 110 cm³/mol. The second kappa shape index (κ2) is 9.24. The summed E-state index contributed by atoms with van der Waals surface area (Å²) in [6, 6.07) is 7.40. The summed E-state index contributed by atoms with van der Waals surface area (Å²) in [4.78, 5) is 31.8. The maximum absolute atomic E-state index is 12.5. The van der Waals surface area contributed by atoms with Gasteiger partial charge in [0, 0.05) is 17.7 Å². The Morgan fingerprint density at radius 3 is 2.74 bits per heavy atom. The summed E-state index contributed by atoms with van der Waals surface area (Å²) in [6.45, 7) is 7.68. The Kier molecular flexibility index (Phi) is 6.74. The highest BCUT2D eigenvalue weighted by molar-refractivity contribution is 7.17. The van der Waals surface area contributed by atoms with E-state index in [1.54, 1.807) is 13.0 Å². The van der Waals surface area contributed by atoms with Crippen molar-refractivity contribution in [3.63, 3.8) is 0 Å². The van der Waals surface area contributed by atoms with Gasteiger partial charge in [-0.15, -0.1) is 11.3 Å². The molecule has 1 aromatic carbocycles. The summed E-state index contributed by atoms with van der Waals surface area (Å²) in [5, 5.41) is 3.79. The van der Waals surface area contributed by atoms with Gasteiger partial charge in [0.05, 0.1) is 5.69 Å². The second-order valence-corrected chi connectivity index (χ2v) is 8.08. The molecule has 1 fully saturated rings. The van der Waals surface area contributed by atoms with Crippen LogP contribution in [0.2, 0.25) is 0 Å². The van der Waals surface area contributed by atoms with Crippen molar-refractivity contribution in [3.8, 4) is 10.6 Å². The Morgan fingerprint density at radius 2 is 2.00 bits per heavy atom. The minimum atomic E-state index is -0.0554. The molecule has 2 heterocycles. The Bertz CT molecular complexity index is 810. The van der Waals surface area contributed by atoms with E-state index in [2.05, 4.69) is 15.2 Å². The average Bonchev–Trinajstić information content (AvgIpc) is 3.31. The quantitative estimate of drug-likeness (QED) is 0.552. The number of benzene rings is 1. The molecule has 0 saturated carbocycles. The number of likely N-dealkylation sites (tertiary alicyclic amines) is 1. The van der Waals surface area contributed by atoms with E-state index in [9.17, 15) is 9.59 Å². The van der Waals surface area contributed by atoms with Crippen LogP contribution in [0.1, 0.15) is 58.3 Å². The van der Waals surface area contributed by atoms with E-state index in [-0.39, 0.29) is 11.7 Å². The van der Waals surface area contributed by atoms with Crippen LogP contribution in [0, 0.1) is 6.92 Å². The van der Waals surface area contributed by atoms with Crippen LogP contribution in [0.25, 0.3) is 10.6 Å². The normalized spacial score (nSPS) is 14.4. The largest absolute Gasteiger partial charge is 0.351 e. The number of nitrogens with zero attached hydrogens (tertiary/aromatic N) is 2. The molecule has 6 heteroatoms. The third-order valence-corrected chi connectivity index (χ3v) is 6.11. The number of nitrogens with one attached hydrogen (secondary N) is 1. The van der Waals surface area contributed by atoms with Crippen molar-refractivity contribution in [2.24, 2.45) is 0 Å². The van der Waals surface area contributed by atoms with Gasteiger partial charge in [0.2, 0.25) is 0 Å². The van der Waals surface area contributed by atoms with E-state index in [0.29, 0.717) is 17.0 Å². The van der Waals surface area contributed by atoms with Crippen LogP contribution in [0.4, 0.5) is 0 Å². The van der Waals surface area contributed by atoms with Crippen LogP contribution in [0.3, 0.4) is 0 Å². The van der Waals surface area contributed by atoms with E-state index in [0.717, 1.165) is 35.7 Å². The Morgan fingerprint density at radius 1 is 1.22 bits per heavy atom. The van der Waals surface area contributed by atoms with Crippen LogP contribution in [0.15, 0.2) is 24.3 Å². The fraction of sp³-hybridized carbons (Fsp3) is 0.476. The molecule has 1 N–H and O–H groups in total. The molecular weight excluding hydrogens is 358 g/mol. The maximum atomic E-state index is 12.5. The minimum Gasteiger partial charge on any atom is -0.351 e. The van der Waals surface area contributed by atoms with E-state index in [1.165, 1.54) is 37.3 Å². The number of amides is 1. The van der Waals surface area contributed by atoms with E-state index in [1.807, 2.05) is 25.1 Å². The molecule has 5 nitrogen and oxygen atoms in total. The molecule has 1 aromatic heterocycles. The first-order valence-corrected chi connectivity index (χ1v) is 10.5. The van der Waals surface area contributed by atoms with Gasteiger partial charge in [-0.1, -0.05) is 18.2 Å². The smallest absolute Gasteiger partial charge is 0.263 e. The number of carbonyl (C=O) groups excluding carboxylic acids is 2. The van der Waals surface area contributed by atoms with Gasteiger partial charge in [0.1, 0.15) is 9.88 Å². The van der Waals surface area contributed by atoms with Gasteiger partial charge in [0.15, 0.2) is 5.78 Å². The van der Waals surface area contributed by atoms with Crippen LogP contribution in [-0.4, -0.2) is 47.8 Å². The highest BCUT2D eigenvalue weighted by atomic mass is 32.1. The van der Waals surface area contributed by atoms with E-state index in [4.69, 9.17) is 0 Å². The molecule has 0 unspecified atom stereocenters. The van der Waals surface area contributed by atoms with Crippen LogP contribution in [0.5, 0.6) is 0 Å². The van der Waals surface area contributed by atoms with Crippen molar-refractivity contribution in [2.75, 3.05) is 26.2 Å². The number of thiazole rings is 1. The third kappa shape index (κ3) is 5.23. The van der Waals surface area contributed by atoms with Crippen LogP contribution >= 0.6 is 11.3 Å². The highest BCUT2D eigenvalue weighted by Gasteiger charge is 2.16. The van der Waals surface area contributed by atoms with Crippen molar-refractivity contribution in [1.82, 2.24) is 15.2 Å². The lowest BCUT2D eigenvalue weighted by Gasteiger charge is -2.13. The van der Waals surface area contributed by atoms with Crippen LogP contribution < -0.4 is 5.32 Å². The Balaban J connectivity index is 1.54. The van der Waals surface area contributed by atoms with Crippen molar-refractivity contribution in [3.05, 3.63) is 40.4 Å². The lowest BCUT2D eigenvalue weighted by molar-refractivity contribution is 0.0954. The molecule has 2 aromatic rings. The first-order valence-electron chi connectivity index (χ1n) is 9.64. The van der Waals surface area contributed by atoms with Gasteiger partial charge in [-0.3, -0.25) is 9.59 Å². The molecule has 1 saturated heterocycles. The number of ketones is 1. The van der Waals surface area contributed by atoms with E-state index >= 15 is 0 Å². The standard InChI is InChI=1S/C21H27N3O2S/c1-15-19(20(26)22-10-3-4-11-24-12-5-6-13-24)27-21(23-15)18-9-7-8-17(14-18)16(2)25/h7-9,14H,3-6,10-13H2,1-2H3,(H,22,26). The number of carbonyl (C=O) groups is 2. The second-order valence-electron chi connectivity index (χ2n) is 7.08. The monoisotopic (exact) mass is 385 g/mol. The number of Topliss-reactive ketones (excluding diaryl/α,β-unsaturated/α-hetero) is 1. The van der Waals surface area contributed by atoms with Crippen LogP contribution in [-0.2, 0) is 0 Å². The number of rotatable bonds is 8. The summed E-state index contributed by atoms with van der Waals surface area (Å²) >= 11 is 1.38. The van der Waals surface area contributed by atoms with Gasteiger partial charge in [-0.05, 0) is 65.2 Å². The minimum absolute atomic E-state index is 0.0250. The summed E-state index contributed by atoms with van der Waals surface area (Å²) in [5.41, 5.74) is 2.27. The van der Waals surface area contributed by atoms with Crippen molar-refractivity contribution >= 4 is 23.0 Å². The first-order chi connectivity index (χ1) is 13.0. The Hall–Kier alpha value is -2.05. The summed E-state index contributed by atoms with van der Waals surface area (Å²) in [5.74, 6) is -0.0304. The Labute approximate surface area is 164 Å². The van der Waals surface area contributed by atoms with Gasteiger partial charge < -0.3 is 10.2 Å². The molecule has 3 rings (SSSR count). The lowest BCUT2D eigenvalue weighted by atomic mass is 10.1. The number of aromatic nitrogens is 1. The van der Waals surface area contributed by atoms with Crippen molar-refractivity contribution in [1.29, 1.82) is 0 Å². The van der Waals surface area contributed by atoms with Gasteiger partial charge in [-0.2, -0.15) is 0 Å². The average molecular weight is 386 g/mol. The fourth-order valence-electron chi connectivity index (χ4n) is 3.35. The predicted octanol–water partition coefficient (Wildman–Crippen LogP) is 3.93. The molecule has 0 atom stereocenters. The zero-order valence-electron chi connectivity index (χ0n) is 16.1.